The van der Waals surface area contributed by atoms with Gasteiger partial charge in [0.25, 0.3) is 0 Å². The molecule has 0 atom stereocenters. The van der Waals surface area contributed by atoms with Crippen molar-refractivity contribution in [3.05, 3.63) is 12.5 Å². The van der Waals surface area contributed by atoms with Crippen LogP contribution in [0.1, 0.15) is 13.8 Å². The Bertz CT molecular complexity index is 310. The van der Waals surface area contributed by atoms with E-state index in [1.807, 2.05) is 17.9 Å². The van der Waals surface area contributed by atoms with Gasteiger partial charge in [-0.15, -0.1) is 0 Å². The molecule has 0 aromatic carbocycles. The van der Waals surface area contributed by atoms with Gasteiger partial charge in [-0.25, -0.2) is 4.98 Å². The van der Waals surface area contributed by atoms with E-state index in [2.05, 4.69) is 34.8 Å². The summed E-state index contributed by atoms with van der Waals surface area (Å²) in [5, 5.41) is 0. The highest BCUT2D eigenvalue weighted by molar-refractivity contribution is 5.36. The van der Waals surface area contributed by atoms with Crippen LogP contribution in [0.5, 0.6) is 0 Å². The number of nitrogens with zero attached hydrogens (tertiary/aromatic N) is 4. The SMILES string of the molecule is CC(C)N1CCN(c2cn(C)cn2)CC1. The molecule has 0 amide bonds. The lowest BCUT2D eigenvalue weighted by molar-refractivity contribution is 0.209. The van der Waals surface area contributed by atoms with Crippen molar-refractivity contribution >= 4 is 5.82 Å². The largest absolute Gasteiger partial charge is 0.353 e. The van der Waals surface area contributed by atoms with E-state index >= 15 is 0 Å². The summed E-state index contributed by atoms with van der Waals surface area (Å²) in [6.07, 6.45) is 3.95. The smallest absolute Gasteiger partial charge is 0.146 e. The first-order valence-electron chi connectivity index (χ1n) is 5.64. The van der Waals surface area contributed by atoms with Crippen molar-refractivity contribution in [1.29, 1.82) is 0 Å². The number of aryl methyl sites for hydroxylation is 1. The normalized spacial score (nSPS) is 18.8. The van der Waals surface area contributed by atoms with Crippen LogP contribution in [0, 0.1) is 0 Å². The van der Waals surface area contributed by atoms with Crippen molar-refractivity contribution in [3.63, 3.8) is 0 Å². The van der Waals surface area contributed by atoms with Crippen molar-refractivity contribution in [2.45, 2.75) is 19.9 Å². The van der Waals surface area contributed by atoms with E-state index in [1.54, 1.807) is 0 Å². The molecule has 0 aliphatic carbocycles. The van der Waals surface area contributed by atoms with Gasteiger partial charge >= 0.3 is 0 Å². The van der Waals surface area contributed by atoms with Crippen molar-refractivity contribution in [2.24, 2.45) is 7.05 Å². The molecule has 1 aliphatic heterocycles. The van der Waals surface area contributed by atoms with Crippen molar-refractivity contribution in [3.8, 4) is 0 Å². The number of hydrogen-bond acceptors (Lipinski definition) is 3. The summed E-state index contributed by atoms with van der Waals surface area (Å²) in [4.78, 5) is 9.25. The predicted octanol–water partition coefficient (Wildman–Crippen LogP) is 0.950. The van der Waals surface area contributed by atoms with Crippen LogP contribution in [-0.4, -0.2) is 46.7 Å². The summed E-state index contributed by atoms with van der Waals surface area (Å²) in [5.41, 5.74) is 0. The Morgan fingerprint density at radius 1 is 1.20 bits per heavy atom. The average Bonchev–Trinajstić information content (AvgIpc) is 2.65. The minimum absolute atomic E-state index is 0.663. The third-order valence-electron chi connectivity index (χ3n) is 3.06. The van der Waals surface area contributed by atoms with Crippen LogP contribution in [0.4, 0.5) is 5.82 Å². The van der Waals surface area contributed by atoms with Gasteiger partial charge in [0.05, 0.1) is 6.33 Å². The van der Waals surface area contributed by atoms with Gasteiger partial charge in [0.15, 0.2) is 0 Å². The summed E-state index contributed by atoms with van der Waals surface area (Å²) in [5.74, 6) is 1.11. The highest BCUT2D eigenvalue weighted by Gasteiger charge is 2.19. The van der Waals surface area contributed by atoms with Crippen LogP contribution in [-0.2, 0) is 7.05 Å². The molecule has 0 saturated carbocycles. The topological polar surface area (TPSA) is 24.3 Å². The number of rotatable bonds is 2. The predicted molar refractivity (Wildman–Crippen MR) is 62.1 cm³/mol. The van der Waals surface area contributed by atoms with Crippen LogP contribution in [0.3, 0.4) is 0 Å². The molecule has 0 N–H and O–H groups in total. The summed E-state index contributed by atoms with van der Waals surface area (Å²) in [6, 6.07) is 0.663. The van der Waals surface area contributed by atoms with E-state index < -0.39 is 0 Å². The molecule has 2 rings (SSSR count). The van der Waals surface area contributed by atoms with Crippen LogP contribution in [0.15, 0.2) is 12.5 Å². The molecular weight excluding hydrogens is 188 g/mol. The second kappa shape index (κ2) is 4.23. The van der Waals surface area contributed by atoms with E-state index in [4.69, 9.17) is 0 Å². The molecule has 15 heavy (non-hydrogen) atoms. The lowest BCUT2D eigenvalue weighted by atomic mass is 10.2. The Morgan fingerprint density at radius 2 is 1.87 bits per heavy atom. The van der Waals surface area contributed by atoms with Crippen molar-refractivity contribution in [2.75, 3.05) is 31.1 Å². The standard InChI is InChI=1S/C11H20N4/c1-10(2)14-4-6-15(7-5-14)11-8-13(3)9-12-11/h8-10H,4-7H2,1-3H3. The first-order valence-corrected chi connectivity index (χ1v) is 5.64. The molecule has 0 bridgehead atoms. The molecule has 4 nitrogen and oxygen atoms in total. The highest BCUT2D eigenvalue weighted by atomic mass is 15.3. The zero-order valence-electron chi connectivity index (χ0n) is 9.85. The van der Waals surface area contributed by atoms with Gasteiger partial charge in [-0.2, -0.15) is 0 Å². The third kappa shape index (κ3) is 2.31. The van der Waals surface area contributed by atoms with E-state index in [-0.39, 0.29) is 0 Å². The van der Waals surface area contributed by atoms with Crippen LogP contribution >= 0.6 is 0 Å². The monoisotopic (exact) mass is 208 g/mol. The van der Waals surface area contributed by atoms with Gasteiger partial charge in [0.2, 0.25) is 0 Å². The molecule has 0 unspecified atom stereocenters. The van der Waals surface area contributed by atoms with E-state index in [0.29, 0.717) is 6.04 Å². The second-order valence-electron chi connectivity index (χ2n) is 4.51. The van der Waals surface area contributed by atoms with Crippen LogP contribution in [0.25, 0.3) is 0 Å². The fraction of sp³-hybridized carbons (Fsp3) is 0.727. The highest BCUT2D eigenvalue weighted by Crippen LogP contribution is 2.13. The molecule has 0 spiro atoms. The van der Waals surface area contributed by atoms with Crippen molar-refractivity contribution < 1.29 is 0 Å². The van der Waals surface area contributed by atoms with Gasteiger partial charge in [-0.1, -0.05) is 0 Å². The summed E-state index contributed by atoms with van der Waals surface area (Å²) in [7, 11) is 2.01. The zero-order valence-corrected chi connectivity index (χ0v) is 9.85. The van der Waals surface area contributed by atoms with E-state index in [1.165, 1.54) is 0 Å². The molecule has 4 heteroatoms. The molecule has 1 aliphatic rings. The minimum atomic E-state index is 0.663. The first-order chi connectivity index (χ1) is 7.16. The average molecular weight is 208 g/mol. The Labute approximate surface area is 91.5 Å². The van der Waals surface area contributed by atoms with Crippen molar-refractivity contribution in [1.82, 2.24) is 14.5 Å². The third-order valence-corrected chi connectivity index (χ3v) is 3.06. The number of aromatic nitrogens is 2. The summed E-state index contributed by atoms with van der Waals surface area (Å²) < 4.78 is 2.00. The molecule has 1 aromatic heterocycles. The molecule has 1 aromatic rings. The van der Waals surface area contributed by atoms with E-state index in [9.17, 15) is 0 Å². The van der Waals surface area contributed by atoms with Gasteiger partial charge < -0.3 is 9.47 Å². The quantitative estimate of drug-likeness (QED) is 0.723. The summed E-state index contributed by atoms with van der Waals surface area (Å²) >= 11 is 0. The fourth-order valence-electron chi connectivity index (χ4n) is 2.03. The maximum atomic E-state index is 4.38. The maximum absolute atomic E-state index is 4.38. The maximum Gasteiger partial charge on any atom is 0.146 e. The Morgan fingerprint density at radius 3 is 2.33 bits per heavy atom. The van der Waals surface area contributed by atoms with Gasteiger partial charge in [-0.3, -0.25) is 4.90 Å². The first kappa shape index (κ1) is 10.5. The number of piperazine rings is 1. The van der Waals surface area contributed by atoms with E-state index in [0.717, 1.165) is 32.0 Å². The van der Waals surface area contributed by atoms with Crippen LogP contribution in [0.2, 0.25) is 0 Å². The fourth-order valence-corrected chi connectivity index (χ4v) is 2.03. The van der Waals surface area contributed by atoms with Crippen LogP contribution < -0.4 is 4.90 Å². The molecule has 84 valence electrons. The molecule has 2 heterocycles. The molecule has 1 saturated heterocycles. The zero-order chi connectivity index (χ0) is 10.8. The van der Waals surface area contributed by atoms with Gasteiger partial charge in [-0.05, 0) is 13.8 Å². The molecule has 0 radical (unpaired) electrons. The second-order valence-corrected chi connectivity index (χ2v) is 4.51. The summed E-state index contributed by atoms with van der Waals surface area (Å²) in [6.45, 7) is 9.00. The lowest BCUT2D eigenvalue weighted by Crippen LogP contribution is -2.49. The minimum Gasteiger partial charge on any atom is -0.353 e. The van der Waals surface area contributed by atoms with Gasteiger partial charge in [0.1, 0.15) is 5.82 Å². The Balaban J connectivity index is 1.93. The molecule has 1 fully saturated rings. The Kier molecular flexibility index (Phi) is 2.95. The number of anilines is 1. The number of imidazole rings is 1. The number of hydrogen-bond donors (Lipinski definition) is 0. The lowest BCUT2D eigenvalue weighted by Gasteiger charge is -2.37. The molecular formula is C11H20N4. The Hall–Kier alpha value is -1.03. The van der Waals surface area contributed by atoms with Gasteiger partial charge in [0, 0.05) is 45.5 Å².